The van der Waals surface area contributed by atoms with Crippen LogP contribution in [0.25, 0.3) is 22.2 Å². The Kier molecular flexibility index (Phi) is 8.22. The summed E-state index contributed by atoms with van der Waals surface area (Å²) >= 11 is 0. The van der Waals surface area contributed by atoms with Crippen molar-refractivity contribution in [1.82, 2.24) is 9.29 Å². The fourth-order valence-corrected chi connectivity index (χ4v) is 4.56. The van der Waals surface area contributed by atoms with Gasteiger partial charge >= 0.3 is 0 Å². The molecule has 3 rings (SSSR count). The minimum atomic E-state index is -3.80. The van der Waals surface area contributed by atoms with Crippen LogP contribution in [0, 0.1) is 0 Å². The van der Waals surface area contributed by atoms with Crippen LogP contribution >= 0.6 is 0 Å². The SMILES string of the molecule is C=C(F)/C(=C\C(F)=C/C)Cn1c(C(=C)NS(C)(=O)=O)c(/C(=C/C=C\C)C(C)=O)c2c3c(ccc21)OCO3. The van der Waals surface area contributed by atoms with Crippen LogP contribution in [0.15, 0.2) is 72.9 Å². The fraction of sp³-hybridized carbons (Fsp3) is 0.222. The van der Waals surface area contributed by atoms with E-state index in [-0.39, 0.29) is 41.7 Å². The molecule has 1 aromatic carbocycles. The van der Waals surface area contributed by atoms with Gasteiger partial charge in [0.05, 0.1) is 35.1 Å². The number of carbonyl (C=O) groups excluding carboxylic acids is 1. The lowest BCUT2D eigenvalue weighted by Crippen LogP contribution is -2.22. The van der Waals surface area contributed by atoms with Crippen molar-refractivity contribution >= 4 is 38.0 Å². The third-order valence-electron chi connectivity index (χ3n) is 5.53. The predicted octanol–water partition coefficient (Wildman–Crippen LogP) is 5.72. The van der Waals surface area contributed by atoms with Crippen LogP contribution in [0.2, 0.25) is 0 Å². The maximum atomic E-state index is 14.5. The van der Waals surface area contributed by atoms with Crippen LogP contribution in [-0.2, 0) is 21.4 Å². The molecule has 2 aromatic rings. The van der Waals surface area contributed by atoms with Gasteiger partial charge in [-0.25, -0.2) is 17.2 Å². The first-order valence-electron chi connectivity index (χ1n) is 11.2. The van der Waals surface area contributed by atoms with Crippen LogP contribution in [0.1, 0.15) is 32.0 Å². The van der Waals surface area contributed by atoms with Crippen LogP contribution in [-0.4, -0.2) is 31.8 Å². The molecule has 7 nitrogen and oxygen atoms in total. The summed E-state index contributed by atoms with van der Waals surface area (Å²) in [4.78, 5) is 12.9. The van der Waals surface area contributed by atoms with Crippen molar-refractivity contribution in [2.45, 2.75) is 27.3 Å². The van der Waals surface area contributed by atoms with Crippen molar-refractivity contribution in [2.75, 3.05) is 13.0 Å². The number of sulfonamides is 1. The minimum Gasteiger partial charge on any atom is -0.454 e. The Morgan fingerprint density at radius 1 is 1.22 bits per heavy atom. The number of allylic oxidation sites excluding steroid dienone is 9. The van der Waals surface area contributed by atoms with Crippen LogP contribution in [0.5, 0.6) is 11.5 Å². The van der Waals surface area contributed by atoms with Gasteiger partial charge in [-0.1, -0.05) is 37.5 Å². The zero-order valence-corrected chi connectivity index (χ0v) is 21.8. The number of ketones is 1. The van der Waals surface area contributed by atoms with Crippen molar-refractivity contribution in [3.8, 4) is 11.5 Å². The number of ether oxygens (including phenoxy) is 2. The maximum Gasteiger partial charge on any atom is 0.231 e. The lowest BCUT2D eigenvalue weighted by atomic mass is 9.96. The molecule has 37 heavy (non-hydrogen) atoms. The predicted molar refractivity (Wildman–Crippen MR) is 142 cm³/mol. The lowest BCUT2D eigenvalue weighted by Gasteiger charge is -2.17. The summed E-state index contributed by atoms with van der Waals surface area (Å²) in [6.45, 7) is 11.5. The zero-order valence-electron chi connectivity index (χ0n) is 21.0. The highest BCUT2D eigenvalue weighted by molar-refractivity contribution is 7.89. The second kappa shape index (κ2) is 11.0. The van der Waals surface area contributed by atoms with E-state index in [0.717, 1.165) is 12.3 Å². The average Bonchev–Trinajstić information content (AvgIpc) is 3.40. The Morgan fingerprint density at radius 2 is 1.92 bits per heavy atom. The number of rotatable bonds is 10. The maximum absolute atomic E-state index is 14.5. The fourth-order valence-electron chi connectivity index (χ4n) is 4.01. The summed E-state index contributed by atoms with van der Waals surface area (Å²) in [5, 5.41) is 0.433. The second-order valence-corrected chi connectivity index (χ2v) is 10.0. The average molecular weight is 531 g/mol. The summed E-state index contributed by atoms with van der Waals surface area (Å²) in [6.07, 6.45) is 8.09. The third-order valence-corrected chi connectivity index (χ3v) is 6.15. The van der Waals surface area contributed by atoms with Crippen molar-refractivity contribution in [2.24, 2.45) is 0 Å². The van der Waals surface area contributed by atoms with Crippen molar-refractivity contribution in [3.05, 3.63) is 84.2 Å². The van der Waals surface area contributed by atoms with Crippen molar-refractivity contribution in [3.63, 3.8) is 0 Å². The van der Waals surface area contributed by atoms with Crippen LogP contribution in [0.4, 0.5) is 8.78 Å². The summed E-state index contributed by atoms with van der Waals surface area (Å²) in [5.41, 5.74) is 0.965. The van der Waals surface area contributed by atoms with Gasteiger partial charge in [0.2, 0.25) is 16.8 Å². The number of Topliss-reactive ketones (excluding diaryl/α,β-unsaturated/α-hetero) is 1. The Labute approximate surface area is 214 Å². The highest BCUT2D eigenvalue weighted by Crippen LogP contribution is 2.47. The second-order valence-electron chi connectivity index (χ2n) is 8.27. The lowest BCUT2D eigenvalue weighted by molar-refractivity contribution is -0.111. The molecule has 0 amide bonds. The Bertz CT molecular complexity index is 1530. The number of fused-ring (bicyclic) bond motifs is 3. The molecule has 0 spiro atoms. The van der Waals surface area contributed by atoms with E-state index in [1.807, 2.05) is 0 Å². The molecule has 0 bridgehead atoms. The molecular formula is C27H28F2N2O5S. The third kappa shape index (κ3) is 5.91. The number of halogens is 2. The van der Waals surface area contributed by atoms with Crippen LogP contribution in [0.3, 0.4) is 0 Å². The standard InChI is InChI=1S/C27H28F2N2O5S/c1-7-9-10-21(18(5)32)24-25-22(11-12-23-27(25)36-15-35-23)31(26(24)17(4)30-37(6,33)34)14-19(16(3)28)13-20(29)8-2/h7-13,30H,3-4,14-15H2,1-2,5-6H3/b9-7-,19-13-,20-8+,21-10+. The van der Waals surface area contributed by atoms with Gasteiger partial charge in [-0.3, -0.25) is 9.52 Å². The summed E-state index contributed by atoms with van der Waals surface area (Å²) < 4.78 is 68.2. The monoisotopic (exact) mass is 530 g/mol. The molecular weight excluding hydrogens is 502 g/mol. The van der Waals surface area contributed by atoms with Gasteiger partial charge < -0.3 is 14.0 Å². The number of hydrogen-bond donors (Lipinski definition) is 1. The molecule has 0 saturated carbocycles. The van der Waals surface area contributed by atoms with Crippen LogP contribution < -0.4 is 14.2 Å². The number of aromatic nitrogens is 1. The molecule has 2 heterocycles. The highest BCUT2D eigenvalue weighted by atomic mass is 32.2. The first kappa shape index (κ1) is 27.7. The largest absolute Gasteiger partial charge is 0.454 e. The van der Waals surface area contributed by atoms with E-state index in [1.54, 1.807) is 41.9 Å². The molecule has 1 aliphatic heterocycles. The normalized spacial score (nSPS) is 14.5. The first-order valence-corrected chi connectivity index (χ1v) is 13.1. The highest BCUT2D eigenvalue weighted by Gasteiger charge is 2.31. The Hall–Kier alpha value is -3.92. The quantitative estimate of drug-likeness (QED) is 0.314. The van der Waals surface area contributed by atoms with Gasteiger partial charge in [-0.2, -0.15) is 0 Å². The van der Waals surface area contributed by atoms with Gasteiger partial charge in [-0.15, -0.1) is 0 Å². The molecule has 0 radical (unpaired) electrons. The zero-order chi connectivity index (χ0) is 27.5. The summed E-state index contributed by atoms with van der Waals surface area (Å²) in [7, 11) is -3.80. The Morgan fingerprint density at radius 3 is 2.49 bits per heavy atom. The molecule has 0 saturated heterocycles. The first-order chi connectivity index (χ1) is 17.4. The number of nitrogens with one attached hydrogen (secondary N) is 1. The number of carbonyl (C=O) groups is 1. The molecule has 196 valence electrons. The van der Waals surface area contributed by atoms with E-state index >= 15 is 0 Å². The number of nitrogens with zero attached hydrogens (tertiary/aromatic N) is 1. The van der Waals surface area contributed by atoms with E-state index in [2.05, 4.69) is 17.9 Å². The molecule has 0 aliphatic carbocycles. The molecule has 1 N–H and O–H groups in total. The number of hydrogen-bond acceptors (Lipinski definition) is 5. The Balaban J connectivity index is 2.53. The van der Waals surface area contributed by atoms with E-state index in [1.165, 1.54) is 19.9 Å². The molecule has 0 unspecified atom stereocenters. The van der Waals surface area contributed by atoms with Gasteiger partial charge in [0, 0.05) is 16.7 Å². The van der Waals surface area contributed by atoms with Gasteiger partial charge in [0.1, 0.15) is 11.7 Å². The van der Waals surface area contributed by atoms with Gasteiger partial charge in [-0.05, 0) is 39.0 Å². The van der Waals surface area contributed by atoms with E-state index in [9.17, 15) is 22.0 Å². The van der Waals surface area contributed by atoms with Gasteiger partial charge in [0.25, 0.3) is 0 Å². The summed E-state index contributed by atoms with van der Waals surface area (Å²) in [6, 6.07) is 3.31. The molecule has 0 fully saturated rings. The van der Waals surface area contributed by atoms with E-state index in [0.29, 0.717) is 28.0 Å². The van der Waals surface area contributed by atoms with Crippen molar-refractivity contribution < 1.29 is 31.5 Å². The minimum absolute atomic E-state index is 0.0656. The number of benzene rings is 1. The molecule has 1 aliphatic rings. The molecule has 10 heteroatoms. The van der Waals surface area contributed by atoms with E-state index in [4.69, 9.17) is 9.47 Å². The van der Waals surface area contributed by atoms with Crippen molar-refractivity contribution in [1.29, 1.82) is 0 Å². The van der Waals surface area contributed by atoms with Gasteiger partial charge in [0.15, 0.2) is 17.3 Å². The smallest absolute Gasteiger partial charge is 0.231 e. The summed E-state index contributed by atoms with van der Waals surface area (Å²) in [5.74, 6) is -1.15. The van der Waals surface area contributed by atoms with E-state index < -0.39 is 21.7 Å². The topological polar surface area (TPSA) is 86.6 Å². The molecule has 0 atom stereocenters. The molecule has 1 aromatic heterocycles.